The van der Waals surface area contributed by atoms with Crippen molar-refractivity contribution in [2.75, 3.05) is 6.54 Å². The van der Waals surface area contributed by atoms with E-state index in [0.717, 1.165) is 0 Å². The van der Waals surface area contributed by atoms with Crippen molar-refractivity contribution >= 4 is 29.7 Å². The zero-order chi connectivity index (χ0) is 24.3. The SMILES string of the molecule is CC(O)C(NC(=O)C(Cc1ccccc1)NC(=O)C(CCC(=O)O)NC(=O)CN)C(=O)O. The fourth-order valence-electron chi connectivity index (χ4n) is 2.76. The highest BCUT2D eigenvalue weighted by molar-refractivity contribution is 5.94. The number of amides is 3. The molecule has 32 heavy (non-hydrogen) atoms. The number of carbonyl (C=O) groups excluding carboxylic acids is 3. The van der Waals surface area contributed by atoms with Gasteiger partial charge in [-0.1, -0.05) is 30.3 Å². The van der Waals surface area contributed by atoms with Crippen LogP contribution >= 0.6 is 0 Å². The van der Waals surface area contributed by atoms with E-state index in [4.69, 9.17) is 10.8 Å². The minimum atomic E-state index is -1.61. The van der Waals surface area contributed by atoms with Gasteiger partial charge in [-0.2, -0.15) is 0 Å². The quantitative estimate of drug-likeness (QED) is 0.176. The molecule has 0 aromatic heterocycles. The van der Waals surface area contributed by atoms with Crippen LogP contribution in [0.5, 0.6) is 0 Å². The minimum Gasteiger partial charge on any atom is -0.481 e. The Labute approximate surface area is 184 Å². The molecule has 0 aliphatic heterocycles. The molecule has 0 aliphatic rings. The summed E-state index contributed by atoms with van der Waals surface area (Å²) in [6.07, 6.45) is -2.11. The van der Waals surface area contributed by atoms with Gasteiger partial charge >= 0.3 is 11.9 Å². The molecule has 0 heterocycles. The molecule has 1 aromatic carbocycles. The van der Waals surface area contributed by atoms with Crippen molar-refractivity contribution in [3.8, 4) is 0 Å². The fourth-order valence-corrected chi connectivity index (χ4v) is 2.76. The van der Waals surface area contributed by atoms with Gasteiger partial charge in [0.25, 0.3) is 0 Å². The molecule has 8 N–H and O–H groups in total. The summed E-state index contributed by atoms with van der Waals surface area (Å²) in [5.41, 5.74) is 5.88. The van der Waals surface area contributed by atoms with E-state index in [0.29, 0.717) is 5.56 Å². The number of aliphatic carboxylic acids is 2. The lowest BCUT2D eigenvalue weighted by atomic mass is 10.0. The van der Waals surface area contributed by atoms with Crippen molar-refractivity contribution in [2.45, 2.75) is 50.4 Å². The highest BCUT2D eigenvalue weighted by atomic mass is 16.4. The maximum Gasteiger partial charge on any atom is 0.328 e. The highest BCUT2D eigenvalue weighted by Gasteiger charge is 2.31. The lowest BCUT2D eigenvalue weighted by Gasteiger charge is -2.25. The molecule has 12 nitrogen and oxygen atoms in total. The molecule has 12 heteroatoms. The molecule has 0 saturated carbocycles. The average Bonchev–Trinajstić information content (AvgIpc) is 2.73. The van der Waals surface area contributed by atoms with Crippen LogP contribution in [-0.2, 0) is 30.4 Å². The van der Waals surface area contributed by atoms with E-state index in [1.807, 2.05) is 0 Å². The Kier molecular flexibility index (Phi) is 10.8. The number of benzene rings is 1. The number of nitrogens with one attached hydrogen (secondary N) is 3. The Balaban J connectivity index is 3.08. The lowest BCUT2D eigenvalue weighted by molar-refractivity contribution is -0.145. The third kappa shape index (κ3) is 9.10. The van der Waals surface area contributed by atoms with Crippen LogP contribution in [0.4, 0.5) is 0 Å². The first kappa shape index (κ1) is 26.5. The standard InChI is InChI=1S/C20H28N4O8/c1-11(25)17(20(31)32)24-19(30)14(9-12-5-3-2-4-6-12)23-18(29)13(7-8-16(27)28)22-15(26)10-21/h2-6,11,13-14,17,25H,7-10,21H2,1H3,(H,22,26)(H,23,29)(H,24,30)(H,27,28)(H,31,32). The van der Waals surface area contributed by atoms with Crippen molar-refractivity contribution in [1.82, 2.24) is 16.0 Å². The third-order valence-corrected chi connectivity index (χ3v) is 4.45. The van der Waals surface area contributed by atoms with Gasteiger partial charge in [0, 0.05) is 12.8 Å². The van der Waals surface area contributed by atoms with Crippen LogP contribution in [-0.4, -0.2) is 75.8 Å². The molecular formula is C20H28N4O8. The van der Waals surface area contributed by atoms with E-state index in [9.17, 15) is 34.2 Å². The lowest BCUT2D eigenvalue weighted by Crippen LogP contribution is -2.58. The maximum absolute atomic E-state index is 12.8. The van der Waals surface area contributed by atoms with Crippen molar-refractivity contribution in [3.63, 3.8) is 0 Å². The third-order valence-electron chi connectivity index (χ3n) is 4.45. The predicted octanol–water partition coefficient (Wildman–Crippen LogP) is -2.03. The van der Waals surface area contributed by atoms with E-state index in [1.54, 1.807) is 30.3 Å². The molecule has 4 unspecified atom stereocenters. The topological polar surface area (TPSA) is 208 Å². The molecule has 176 valence electrons. The second-order valence-electron chi connectivity index (χ2n) is 7.07. The number of aliphatic hydroxyl groups is 1. The molecule has 3 amide bonds. The van der Waals surface area contributed by atoms with E-state index >= 15 is 0 Å². The summed E-state index contributed by atoms with van der Waals surface area (Å²) in [5, 5.41) is 34.6. The summed E-state index contributed by atoms with van der Waals surface area (Å²) < 4.78 is 0. The minimum absolute atomic E-state index is 0.0267. The molecule has 0 fully saturated rings. The maximum atomic E-state index is 12.8. The number of nitrogens with two attached hydrogens (primary N) is 1. The van der Waals surface area contributed by atoms with Crippen molar-refractivity contribution in [1.29, 1.82) is 0 Å². The van der Waals surface area contributed by atoms with E-state index < -0.39 is 66.9 Å². The number of hydrogen-bond acceptors (Lipinski definition) is 7. The largest absolute Gasteiger partial charge is 0.481 e. The number of carboxylic acid groups (broad SMARTS) is 2. The second-order valence-corrected chi connectivity index (χ2v) is 7.07. The van der Waals surface area contributed by atoms with Crippen molar-refractivity contribution in [2.24, 2.45) is 5.73 Å². The van der Waals surface area contributed by atoms with Gasteiger partial charge in [0.2, 0.25) is 17.7 Å². The first-order chi connectivity index (χ1) is 15.0. The first-order valence-corrected chi connectivity index (χ1v) is 9.81. The van der Waals surface area contributed by atoms with Crippen LogP contribution < -0.4 is 21.7 Å². The normalized spacial score (nSPS) is 14.3. The summed E-state index contributed by atoms with van der Waals surface area (Å²) in [6, 6.07) is 4.38. The zero-order valence-corrected chi connectivity index (χ0v) is 17.5. The number of carbonyl (C=O) groups is 5. The Morgan fingerprint density at radius 1 is 0.938 bits per heavy atom. The molecule has 0 aliphatic carbocycles. The van der Waals surface area contributed by atoms with Gasteiger partial charge in [-0.3, -0.25) is 19.2 Å². The second kappa shape index (κ2) is 13.0. The monoisotopic (exact) mass is 452 g/mol. The van der Waals surface area contributed by atoms with Crippen LogP contribution in [0.3, 0.4) is 0 Å². The van der Waals surface area contributed by atoms with Crippen LogP contribution in [0.2, 0.25) is 0 Å². The fraction of sp³-hybridized carbons (Fsp3) is 0.450. The van der Waals surface area contributed by atoms with Crippen LogP contribution in [0.25, 0.3) is 0 Å². The number of hydrogen-bond donors (Lipinski definition) is 7. The number of carboxylic acids is 2. The molecule has 1 rings (SSSR count). The summed E-state index contributed by atoms with van der Waals surface area (Å²) in [5.74, 6) is -5.07. The van der Waals surface area contributed by atoms with Gasteiger partial charge in [-0.05, 0) is 18.9 Å². The van der Waals surface area contributed by atoms with E-state index in [-0.39, 0.29) is 12.8 Å². The smallest absolute Gasteiger partial charge is 0.328 e. The first-order valence-electron chi connectivity index (χ1n) is 9.81. The van der Waals surface area contributed by atoms with Gasteiger partial charge in [0.1, 0.15) is 12.1 Å². The number of rotatable bonds is 13. The zero-order valence-electron chi connectivity index (χ0n) is 17.5. The Hall–Kier alpha value is -3.51. The van der Waals surface area contributed by atoms with Crippen LogP contribution in [0.1, 0.15) is 25.3 Å². The van der Waals surface area contributed by atoms with Gasteiger partial charge in [0.05, 0.1) is 12.6 Å². The van der Waals surface area contributed by atoms with Gasteiger partial charge in [-0.25, -0.2) is 4.79 Å². The summed E-state index contributed by atoms with van der Waals surface area (Å²) in [7, 11) is 0. The molecule has 1 aromatic rings. The molecule has 4 atom stereocenters. The molecular weight excluding hydrogens is 424 g/mol. The van der Waals surface area contributed by atoms with Crippen LogP contribution in [0, 0.1) is 0 Å². The van der Waals surface area contributed by atoms with E-state index in [2.05, 4.69) is 16.0 Å². The van der Waals surface area contributed by atoms with Crippen LogP contribution in [0.15, 0.2) is 30.3 Å². The molecule has 0 bridgehead atoms. The Morgan fingerprint density at radius 2 is 1.53 bits per heavy atom. The Morgan fingerprint density at radius 3 is 2.03 bits per heavy atom. The number of aliphatic hydroxyl groups excluding tert-OH is 1. The summed E-state index contributed by atoms with van der Waals surface area (Å²) in [6.45, 7) is 0.758. The van der Waals surface area contributed by atoms with Gasteiger partial charge in [-0.15, -0.1) is 0 Å². The molecule has 0 saturated heterocycles. The average molecular weight is 452 g/mol. The van der Waals surface area contributed by atoms with Gasteiger partial charge < -0.3 is 37.0 Å². The predicted molar refractivity (Wildman–Crippen MR) is 111 cm³/mol. The summed E-state index contributed by atoms with van der Waals surface area (Å²) >= 11 is 0. The van der Waals surface area contributed by atoms with E-state index in [1.165, 1.54) is 6.92 Å². The van der Waals surface area contributed by atoms with Crippen molar-refractivity contribution < 1.29 is 39.3 Å². The Bertz CT molecular complexity index is 815. The highest BCUT2D eigenvalue weighted by Crippen LogP contribution is 2.07. The summed E-state index contributed by atoms with van der Waals surface area (Å²) in [4.78, 5) is 59.4. The van der Waals surface area contributed by atoms with Gasteiger partial charge in [0.15, 0.2) is 6.04 Å². The molecule has 0 radical (unpaired) electrons. The van der Waals surface area contributed by atoms with Crippen molar-refractivity contribution in [3.05, 3.63) is 35.9 Å². The molecule has 0 spiro atoms.